The molecule has 1 aromatic carbocycles. The highest BCUT2D eigenvalue weighted by Crippen LogP contribution is 2.22. The van der Waals surface area contributed by atoms with Gasteiger partial charge >= 0.3 is 0 Å². The first kappa shape index (κ1) is 12.6. The van der Waals surface area contributed by atoms with Crippen molar-refractivity contribution in [3.63, 3.8) is 0 Å². The predicted molar refractivity (Wildman–Crippen MR) is 73.5 cm³/mol. The molecule has 94 valence electrons. The number of nitrogen functional groups attached to an aromatic ring is 1. The largest absolute Gasteiger partial charge is 0.399 e. The van der Waals surface area contributed by atoms with E-state index in [1.54, 1.807) is 30.5 Å². The molecule has 1 amide bonds. The van der Waals surface area contributed by atoms with Crippen LogP contribution in [-0.2, 0) is 5.54 Å². The summed E-state index contributed by atoms with van der Waals surface area (Å²) in [6, 6.07) is 6.92. The van der Waals surface area contributed by atoms with Crippen LogP contribution >= 0.6 is 11.3 Å². The van der Waals surface area contributed by atoms with Crippen molar-refractivity contribution in [2.75, 3.05) is 5.73 Å². The lowest BCUT2D eigenvalue weighted by atomic mass is 10.1. The van der Waals surface area contributed by atoms with Crippen LogP contribution in [0.1, 0.15) is 29.2 Å². The lowest BCUT2D eigenvalue weighted by molar-refractivity contribution is 0.0912. The summed E-state index contributed by atoms with van der Waals surface area (Å²) < 4.78 is 0. The molecular formula is C13H15N3OS. The molecule has 0 unspecified atom stereocenters. The van der Waals surface area contributed by atoms with Crippen LogP contribution in [0.3, 0.4) is 0 Å². The number of thiazole rings is 1. The zero-order valence-electron chi connectivity index (χ0n) is 10.3. The smallest absolute Gasteiger partial charge is 0.252 e. The summed E-state index contributed by atoms with van der Waals surface area (Å²) in [6.45, 7) is 3.85. The Morgan fingerprint density at radius 1 is 1.44 bits per heavy atom. The number of hydrogen-bond donors (Lipinski definition) is 2. The van der Waals surface area contributed by atoms with E-state index in [9.17, 15) is 4.79 Å². The molecule has 0 spiro atoms. The van der Waals surface area contributed by atoms with Crippen LogP contribution in [0.15, 0.2) is 35.8 Å². The van der Waals surface area contributed by atoms with Gasteiger partial charge in [0.25, 0.3) is 5.91 Å². The minimum atomic E-state index is -0.490. The monoisotopic (exact) mass is 261 g/mol. The van der Waals surface area contributed by atoms with Gasteiger partial charge in [0.05, 0.1) is 5.54 Å². The Kier molecular flexibility index (Phi) is 3.34. The molecule has 2 rings (SSSR count). The van der Waals surface area contributed by atoms with Gasteiger partial charge in [0.1, 0.15) is 5.01 Å². The molecule has 0 aliphatic heterocycles. The quantitative estimate of drug-likeness (QED) is 0.834. The number of hydrogen-bond acceptors (Lipinski definition) is 4. The maximum atomic E-state index is 12.1. The number of nitrogens with one attached hydrogen (secondary N) is 1. The molecule has 18 heavy (non-hydrogen) atoms. The Morgan fingerprint density at radius 2 is 2.22 bits per heavy atom. The van der Waals surface area contributed by atoms with Gasteiger partial charge < -0.3 is 11.1 Å². The molecular weight excluding hydrogens is 246 g/mol. The Labute approximate surface area is 110 Å². The second-order valence-corrected chi connectivity index (χ2v) is 5.44. The highest BCUT2D eigenvalue weighted by atomic mass is 32.1. The lowest BCUT2D eigenvalue weighted by Crippen LogP contribution is -2.40. The first-order valence-electron chi connectivity index (χ1n) is 5.57. The van der Waals surface area contributed by atoms with Crippen molar-refractivity contribution >= 4 is 22.9 Å². The van der Waals surface area contributed by atoms with Gasteiger partial charge in [-0.05, 0) is 32.0 Å². The summed E-state index contributed by atoms with van der Waals surface area (Å²) in [6.07, 6.45) is 1.73. The molecule has 1 heterocycles. The average molecular weight is 261 g/mol. The summed E-state index contributed by atoms with van der Waals surface area (Å²) in [5, 5.41) is 5.72. The number of anilines is 1. The van der Waals surface area contributed by atoms with Crippen LogP contribution in [0.25, 0.3) is 0 Å². The Morgan fingerprint density at radius 3 is 2.83 bits per heavy atom. The van der Waals surface area contributed by atoms with E-state index in [0.717, 1.165) is 5.01 Å². The van der Waals surface area contributed by atoms with Crippen molar-refractivity contribution in [2.45, 2.75) is 19.4 Å². The number of benzene rings is 1. The molecule has 5 heteroatoms. The Balaban J connectivity index is 2.17. The zero-order valence-corrected chi connectivity index (χ0v) is 11.1. The normalized spacial score (nSPS) is 11.2. The predicted octanol–water partition coefficient (Wildman–Crippen LogP) is 2.39. The van der Waals surface area contributed by atoms with E-state index in [-0.39, 0.29) is 5.91 Å². The number of carbonyl (C=O) groups excluding carboxylic acids is 1. The maximum absolute atomic E-state index is 12.1. The molecule has 0 aliphatic carbocycles. The molecule has 0 saturated carbocycles. The van der Waals surface area contributed by atoms with Crippen molar-refractivity contribution in [3.05, 3.63) is 46.4 Å². The number of nitrogens with two attached hydrogens (primary N) is 1. The van der Waals surface area contributed by atoms with Crippen LogP contribution in [0, 0.1) is 0 Å². The van der Waals surface area contributed by atoms with Crippen molar-refractivity contribution in [1.29, 1.82) is 0 Å². The average Bonchev–Trinajstić information content (AvgIpc) is 2.82. The van der Waals surface area contributed by atoms with Crippen molar-refractivity contribution in [1.82, 2.24) is 10.3 Å². The minimum absolute atomic E-state index is 0.150. The summed E-state index contributed by atoms with van der Waals surface area (Å²) in [4.78, 5) is 16.3. The maximum Gasteiger partial charge on any atom is 0.252 e. The fourth-order valence-corrected chi connectivity index (χ4v) is 2.34. The van der Waals surface area contributed by atoms with Gasteiger partial charge in [0, 0.05) is 22.8 Å². The van der Waals surface area contributed by atoms with Gasteiger partial charge in [-0.1, -0.05) is 6.07 Å². The van der Waals surface area contributed by atoms with Gasteiger partial charge in [-0.15, -0.1) is 11.3 Å². The minimum Gasteiger partial charge on any atom is -0.399 e. The van der Waals surface area contributed by atoms with Gasteiger partial charge in [0.2, 0.25) is 0 Å². The highest BCUT2D eigenvalue weighted by Gasteiger charge is 2.25. The third kappa shape index (κ3) is 2.68. The zero-order chi connectivity index (χ0) is 13.2. The van der Waals surface area contributed by atoms with E-state index in [1.165, 1.54) is 11.3 Å². The summed E-state index contributed by atoms with van der Waals surface area (Å²) in [5.74, 6) is -0.150. The standard InChI is InChI=1S/C13H15N3OS/c1-13(2,12-15-6-7-18-12)16-11(17)9-4-3-5-10(14)8-9/h3-8H,14H2,1-2H3,(H,16,17). The van der Waals surface area contributed by atoms with Crippen molar-refractivity contribution in [2.24, 2.45) is 0 Å². The summed E-state index contributed by atoms with van der Waals surface area (Å²) in [7, 11) is 0. The third-order valence-electron chi connectivity index (χ3n) is 2.54. The van der Waals surface area contributed by atoms with E-state index in [4.69, 9.17) is 5.73 Å². The summed E-state index contributed by atoms with van der Waals surface area (Å²) >= 11 is 1.52. The van der Waals surface area contributed by atoms with E-state index in [2.05, 4.69) is 10.3 Å². The van der Waals surface area contributed by atoms with Crippen LogP contribution in [-0.4, -0.2) is 10.9 Å². The fourth-order valence-electron chi connectivity index (χ4n) is 1.62. The first-order valence-corrected chi connectivity index (χ1v) is 6.45. The Bertz CT molecular complexity index is 549. The molecule has 1 aromatic heterocycles. The topological polar surface area (TPSA) is 68.0 Å². The molecule has 3 N–H and O–H groups in total. The molecule has 4 nitrogen and oxygen atoms in total. The lowest BCUT2D eigenvalue weighted by Gasteiger charge is -2.23. The van der Waals surface area contributed by atoms with Crippen molar-refractivity contribution < 1.29 is 4.79 Å². The van der Waals surface area contributed by atoms with Gasteiger partial charge in [-0.2, -0.15) is 0 Å². The van der Waals surface area contributed by atoms with E-state index in [1.807, 2.05) is 19.2 Å². The molecule has 0 saturated heterocycles. The first-order chi connectivity index (χ1) is 8.49. The van der Waals surface area contributed by atoms with Crippen LogP contribution in [0.2, 0.25) is 0 Å². The van der Waals surface area contributed by atoms with E-state index < -0.39 is 5.54 Å². The fraction of sp³-hybridized carbons (Fsp3) is 0.231. The summed E-state index contributed by atoms with van der Waals surface area (Å²) in [5.41, 5.74) is 6.31. The number of rotatable bonds is 3. The third-order valence-corrected chi connectivity index (χ3v) is 3.64. The second kappa shape index (κ2) is 4.78. The molecule has 0 aliphatic rings. The van der Waals surface area contributed by atoms with Crippen LogP contribution in [0.5, 0.6) is 0 Å². The van der Waals surface area contributed by atoms with E-state index >= 15 is 0 Å². The number of carbonyl (C=O) groups is 1. The van der Waals surface area contributed by atoms with Crippen LogP contribution < -0.4 is 11.1 Å². The molecule has 2 aromatic rings. The van der Waals surface area contributed by atoms with Gasteiger partial charge in [-0.25, -0.2) is 4.98 Å². The molecule has 0 fully saturated rings. The number of aromatic nitrogens is 1. The van der Waals surface area contributed by atoms with E-state index in [0.29, 0.717) is 11.3 Å². The molecule has 0 bridgehead atoms. The van der Waals surface area contributed by atoms with Gasteiger partial charge in [-0.3, -0.25) is 4.79 Å². The second-order valence-electron chi connectivity index (χ2n) is 4.54. The van der Waals surface area contributed by atoms with Gasteiger partial charge in [0.15, 0.2) is 0 Å². The SMILES string of the molecule is CC(C)(NC(=O)c1cccc(N)c1)c1nccs1. The highest BCUT2D eigenvalue weighted by molar-refractivity contribution is 7.09. The van der Waals surface area contributed by atoms with Crippen LogP contribution in [0.4, 0.5) is 5.69 Å². The Hall–Kier alpha value is -1.88. The molecule has 0 atom stereocenters. The molecule has 0 radical (unpaired) electrons. The number of nitrogens with zero attached hydrogens (tertiary/aromatic N) is 1. The van der Waals surface area contributed by atoms with Crippen molar-refractivity contribution in [3.8, 4) is 0 Å². The number of amides is 1.